The number of para-hydroxylation sites is 1. The summed E-state index contributed by atoms with van der Waals surface area (Å²) in [6, 6.07) is 19.4. The van der Waals surface area contributed by atoms with E-state index in [4.69, 9.17) is 9.26 Å². The van der Waals surface area contributed by atoms with Crippen LogP contribution in [0.1, 0.15) is 0 Å². The number of aromatic nitrogens is 3. The number of rotatable bonds is 3. The van der Waals surface area contributed by atoms with E-state index in [-0.39, 0.29) is 0 Å². The highest BCUT2D eigenvalue weighted by Crippen LogP contribution is 2.31. The van der Waals surface area contributed by atoms with Gasteiger partial charge >= 0.3 is 0 Å². The maximum atomic E-state index is 5.39. The third kappa shape index (κ3) is 2.42. The van der Waals surface area contributed by atoms with Crippen molar-refractivity contribution in [3.63, 3.8) is 0 Å². The van der Waals surface area contributed by atoms with Crippen LogP contribution in [0.4, 0.5) is 0 Å². The standard InChI is InChI=1S/C18H13N3O2/c1-22-18-14(11-13-9-5-6-10-15(13)19-18)16-20-17(23-21-16)12-7-3-2-4-8-12/h2-11H,1H3. The van der Waals surface area contributed by atoms with Gasteiger partial charge in [-0.1, -0.05) is 41.6 Å². The highest BCUT2D eigenvalue weighted by molar-refractivity contribution is 5.84. The van der Waals surface area contributed by atoms with E-state index in [9.17, 15) is 0 Å². The Hall–Kier alpha value is -3.21. The first kappa shape index (κ1) is 13.5. The molecule has 5 nitrogen and oxygen atoms in total. The molecule has 4 aromatic rings. The molecule has 0 radical (unpaired) electrons. The molecule has 0 amide bonds. The molecule has 2 aromatic carbocycles. The Balaban J connectivity index is 1.84. The zero-order valence-electron chi connectivity index (χ0n) is 12.4. The summed E-state index contributed by atoms with van der Waals surface area (Å²) >= 11 is 0. The normalized spacial score (nSPS) is 10.8. The molecule has 5 heteroatoms. The Bertz CT molecular complexity index is 964. The molecule has 2 aromatic heterocycles. The molecule has 23 heavy (non-hydrogen) atoms. The molecule has 112 valence electrons. The molecule has 4 rings (SSSR count). The summed E-state index contributed by atoms with van der Waals surface area (Å²) in [5, 5.41) is 5.07. The fraction of sp³-hybridized carbons (Fsp3) is 0.0556. The molecule has 0 saturated heterocycles. The molecule has 0 N–H and O–H groups in total. The van der Waals surface area contributed by atoms with E-state index < -0.39 is 0 Å². The summed E-state index contributed by atoms with van der Waals surface area (Å²) in [6.07, 6.45) is 0. The molecule has 0 atom stereocenters. The zero-order valence-corrected chi connectivity index (χ0v) is 12.4. The van der Waals surface area contributed by atoms with Crippen LogP contribution in [0, 0.1) is 0 Å². The first-order valence-electron chi connectivity index (χ1n) is 7.18. The van der Waals surface area contributed by atoms with Gasteiger partial charge in [0, 0.05) is 10.9 Å². The van der Waals surface area contributed by atoms with E-state index in [2.05, 4.69) is 15.1 Å². The van der Waals surface area contributed by atoms with Gasteiger partial charge in [-0.2, -0.15) is 4.98 Å². The average Bonchev–Trinajstić information content (AvgIpc) is 3.11. The van der Waals surface area contributed by atoms with Crippen molar-refractivity contribution in [2.45, 2.75) is 0 Å². The Kier molecular flexibility index (Phi) is 3.24. The lowest BCUT2D eigenvalue weighted by Crippen LogP contribution is -1.94. The molecular formula is C18H13N3O2. The summed E-state index contributed by atoms with van der Waals surface area (Å²) < 4.78 is 10.8. The molecular weight excluding hydrogens is 290 g/mol. The number of benzene rings is 2. The van der Waals surface area contributed by atoms with Crippen molar-refractivity contribution in [3.05, 3.63) is 60.7 Å². The van der Waals surface area contributed by atoms with Crippen molar-refractivity contribution in [1.29, 1.82) is 0 Å². The first-order chi connectivity index (χ1) is 11.3. The summed E-state index contributed by atoms with van der Waals surface area (Å²) in [4.78, 5) is 8.98. The minimum Gasteiger partial charge on any atom is -0.480 e. The second-order valence-corrected chi connectivity index (χ2v) is 5.03. The van der Waals surface area contributed by atoms with Gasteiger partial charge in [-0.05, 0) is 24.3 Å². The first-order valence-corrected chi connectivity index (χ1v) is 7.18. The molecule has 2 heterocycles. The minimum atomic E-state index is 0.457. The number of hydrogen-bond donors (Lipinski definition) is 0. The Morgan fingerprint density at radius 3 is 2.52 bits per heavy atom. The summed E-state index contributed by atoms with van der Waals surface area (Å²) in [5.74, 6) is 1.40. The fourth-order valence-electron chi connectivity index (χ4n) is 2.44. The smallest absolute Gasteiger partial charge is 0.258 e. The predicted molar refractivity (Wildman–Crippen MR) is 87.0 cm³/mol. The number of methoxy groups -OCH3 is 1. The van der Waals surface area contributed by atoms with E-state index in [1.807, 2.05) is 60.7 Å². The molecule has 0 aliphatic carbocycles. The van der Waals surface area contributed by atoms with Crippen molar-refractivity contribution in [2.75, 3.05) is 7.11 Å². The zero-order chi connectivity index (χ0) is 15.6. The SMILES string of the molecule is COc1nc2ccccc2cc1-c1noc(-c2ccccc2)n1. The fourth-order valence-corrected chi connectivity index (χ4v) is 2.44. The monoisotopic (exact) mass is 303 g/mol. The second kappa shape index (κ2) is 5.53. The highest BCUT2D eigenvalue weighted by Gasteiger charge is 2.16. The number of nitrogens with zero attached hydrogens (tertiary/aromatic N) is 3. The van der Waals surface area contributed by atoms with E-state index in [0.717, 1.165) is 16.5 Å². The van der Waals surface area contributed by atoms with Gasteiger partial charge in [-0.25, -0.2) is 4.98 Å². The lowest BCUT2D eigenvalue weighted by molar-refractivity contribution is 0.399. The topological polar surface area (TPSA) is 61.0 Å². The van der Waals surface area contributed by atoms with Crippen molar-refractivity contribution < 1.29 is 9.26 Å². The van der Waals surface area contributed by atoms with Crippen LogP contribution in [-0.2, 0) is 0 Å². The van der Waals surface area contributed by atoms with Crippen LogP contribution in [0.3, 0.4) is 0 Å². The molecule has 0 spiro atoms. The minimum absolute atomic E-state index is 0.457. The second-order valence-electron chi connectivity index (χ2n) is 5.03. The maximum absolute atomic E-state index is 5.39. The third-order valence-corrected chi connectivity index (χ3v) is 3.57. The van der Waals surface area contributed by atoms with Gasteiger partial charge in [0.15, 0.2) is 0 Å². The summed E-state index contributed by atoms with van der Waals surface area (Å²) in [5.41, 5.74) is 2.44. The van der Waals surface area contributed by atoms with Crippen LogP contribution < -0.4 is 4.74 Å². The molecule has 0 bridgehead atoms. The predicted octanol–water partition coefficient (Wildman–Crippen LogP) is 3.96. The van der Waals surface area contributed by atoms with E-state index in [0.29, 0.717) is 23.2 Å². The van der Waals surface area contributed by atoms with Crippen LogP contribution in [0.15, 0.2) is 65.2 Å². The lowest BCUT2D eigenvalue weighted by atomic mass is 10.1. The molecule has 0 unspecified atom stereocenters. The number of hydrogen-bond acceptors (Lipinski definition) is 5. The average molecular weight is 303 g/mol. The largest absolute Gasteiger partial charge is 0.480 e. The Morgan fingerprint density at radius 1 is 0.913 bits per heavy atom. The third-order valence-electron chi connectivity index (χ3n) is 3.57. The highest BCUT2D eigenvalue weighted by atomic mass is 16.5. The summed E-state index contributed by atoms with van der Waals surface area (Å²) in [6.45, 7) is 0. The van der Waals surface area contributed by atoms with Crippen LogP contribution in [0.2, 0.25) is 0 Å². The van der Waals surface area contributed by atoms with Gasteiger partial charge in [-0.3, -0.25) is 0 Å². The van der Waals surface area contributed by atoms with Gasteiger partial charge in [-0.15, -0.1) is 0 Å². The van der Waals surface area contributed by atoms with Gasteiger partial charge in [0.05, 0.1) is 18.2 Å². The Morgan fingerprint density at radius 2 is 1.70 bits per heavy atom. The van der Waals surface area contributed by atoms with Crippen LogP contribution in [0.25, 0.3) is 33.7 Å². The van der Waals surface area contributed by atoms with Gasteiger partial charge in [0.1, 0.15) is 0 Å². The van der Waals surface area contributed by atoms with Crippen molar-refractivity contribution in [3.8, 4) is 28.7 Å². The number of ether oxygens (including phenoxy) is 1. The molecule has 0 aliphatic rings. The van der Waals surface area contributed by atoms with Gasteiger partial charge < -0.3 is 9.26 Å². The van der Waals surface area contributed by atoms with Crippen molar-refractivity contribution in [2.24, 2.45) is 0 Å². The maximum Gasteiger partial charge on any atom is 0.258 e. The quantitative estimate of drug-likeness (QED) is 0.573. The van der Waals surface area contributed by atoms with Crippen LogP contribution >= 0.6 is 0 Å². The van der Waals surface area contributed by atoms with Crippen molar-refractivity contribution in [1.82, 2.24) is 15.1 Å². The van der Waals surface area contributed by atoms with E-state index in [1.54, 1.807) is 7.11 Å². The van der Waals surface area contributed by atoms with Crippen LogP contribution in [-0.4, -0.2) is 22.2 Å². The van der Waals surface area contributed by atoms with Crippen LogP contribution in [0.5, 0.6) is 5.88 Å². The number of fused-ring (bicyclic) bond motifs is 1. The Labute approximate surface area is 132 Å². The number of pyridine rings is 1. The lowest BCUT2D eigenvalue weighted by Gasteiger charge is -2.06. The van der Waals surface area contributed by atoms with Gasteiger partial charge in [0.2, 0.25) is 11.7 Å². The summed E-state index contributed by atoms with van der Waals surface area (Å²) in [7, 11) is 1.58. The van der Waals surface area contributed by atoms with E-state index >= 15 is 0 Å². The molecule has 0 aliphatic heterocycles. The van der Waals surface area contributed by atoms with Crippen molar-refractivity contribution >= 4 is 10.9 Å². The molecule has 0 saturated carbocycles. The van der Waals surface area contributed by atoms with Gasteiger partial charge in [0.25, 0.3) is 5.89 Å². The molecule has 0 fully saturated rings. The van der Waals surface area contributed by atoms with E-state index in [1.165, 1.54) is 0 Å².